The Morgan fingerprint density at radius 1 is 1.14 bits per heavy atom. The number of aromatic nitrogens is 2. The summed E-state index contributed by atoms with van der Waals surface area (Å²) in [5.41, 5.74) is 2.63. The zero-order chi connectivity index (χ0) is 20.0. The number of halogens is 2. The topological polar surface area (TPSA) is 71.3 Å². The molecule has 6 nitrogen and oxygen atoms in total. The zero-order valence-corrected chi connectivity index (χ0v) is 15.5. The van der Waals surface area contributed by atoms with Crippen molar-refractivity contribution in [1.29, 1.82) is 0 Å². The average molecular weight is 396 g/mol. The summed E-state index contributed by atoms with van der Waals surface area (Å²) < 4.78 is 34.6. The van der Waals surface area contributed by atoms with E-state index in [1.54, 1.807) is 12.1 Å². The van der Waals surface area contributed by atoms with E-state index in [1.807, 2.05) is 11.0 Å². The van der Waals surface area contributed by atoms with Gasteiger partial charge in [0.25, 0.3) is 5.89 Å². The second-order valence-electron chi connectivity index (χ2n) is 7.37. The minimum atomic E-state index is -0.722. The molecule has 0 bridgehead atoms. The number of aldehydes is 1. The maximum Gasteiger partial charge on any atom is 0.263 e. The molecule has 0 radical (unpaired) electrons. The molecule has 2 aliphatic rings. The highest BCUT2D eigenvalue weighted by molar-refractivity contribution is 5.77. The quantitative estimate of drug-likeness (QED) is 0.669. The lowest BCUT2D eigenvalue weighted by Gasteiger charge is -2.18. The molecule has 1 N–H and O–H groups in total. The van der Waals surface area contributed by atoms with Crippen LogP contribution in [0, 0.1) is 11.6 Å². The molecule has 1 aromatic heterocycles. The first-order valence-electron chi connectivity index (χ1n) is 9.55. The number of nitrogens with zero attached hydrogens (tertiary/aromatic N) is 3. The number of rotatable bonds is 4. The van der Waals surface area contributed by atoms with Gasteiger partial charge in [-0.05, 0) is 48.7 Å². The van der Waals surface area contributed by atoms with Crippen molar-refractivity contribution in [2.24, 2.45) is 0 Å². The molecule has 1 saturated heterocycles. The molecule has 1 fully saturated rings. The van der Waals surface area contributed by atoms with E-state index in [9.17, 15) is 13.6 Å². The van der Waals surface area contributed by atoms with Crippen LogP contribution in [0.25, 0.3) is 11.5 Å². The number of benzene rings is 2. The third kappa shape index (κ3) is 3.14. The Kier molecular flexibility index (Phi) is 4.26. The molecule has 1 unspecified atom stereocenters. The molecule has 3 heterocycles. The van der Waals surface area contributed by atoms with Crippen LogP contribution in [0.4, 0.5) is 20.2 Å². The standard InChI is InChI=1S/C21H18F2N4O2/c22-15-9-14(27-5-1-2-6-27)10-16(23)19(15)21-25-20(26-29-21)18-8-13-7-12(11-28)3-4-17(13)24-18/h3-4,7,9-11,18,24H,1-2,5-6,8H2. The molecule has 0 saturated carbocycles. The highest BCUT2D eigenvalue weighted by Gasteiger charge is 2.28. The Balaban J connectivity index is 1.41. The van der Waals surface area contributed by atoms with Crippen LogP contribution >= 0.6 is 0 Å². The van der Waals surface area contributed by atoms with E-state index in [4.69, 9.17) is 4.52 Å². The summed E-state index contributed by atoms with van der Waals surface area (Å²) in [5, 5.41) is 7.17. The van der Waals surface area contributed by atoms with E-state index in [-0.39, 0.29) is 17.5 Å². The zero-order valence-electron chi connectivity index (χ0n) is 15.5. The molecule has 29 heavy (non-hydrogen) atoms. The van der Waals surface area contributed by atoms with Crippen LogP contribution in [0.3, 0.4) is 0 Å². The molecule has 5 rings (SSSR count). The van der Waals surface area contributed by atoms with Crippen LogP contribution in [0.15, 0.2) is 34.9 Å². The normalized spacial score (nSPS) is 18.0. The van der Waals surface area contributed by atoms with Gasteiger partial charge in [0, 0.05) is 36.4 Å². The van der Waals surface area contributed by atoms with Gasteiger partial charge in [0.05, 0.1) is 6.04 Å². The Labute approximate surface area is 165 Å². The number of fused-ring (bicyclic) bond motifs is 1. The molecule has 2 aromatic carbocycles. The van der Waals surface area contributed by atoms with Crippen molar-refractivity contribution < 1.29 is 18.1 Å². The van der Waals surface area contributed by atoms with E-state index < -0.39 is 11.6 Å². The summed E-state index contributed by atoms with van der Waals surface area (Å²) in [4.78, 5) is 17.2. The van der Waals surface area contributed by atoms with E-state index >= 15 is 0 Å². The SMILES string of the molecule is O=Cc1ccc2c(c1)CC(c1noc(-c3c(F)cc(N4CCCC4)cc3F)n1)N2. The molecule has 2 aliphatic heterocycles. The summed E-state index contributed by atoms with van der Waals surface area (Å²) in [6.45, 7) is 1.59. The van der Waals surface area contributed by atoms with Crippen LogP contribution in [0.1, 0.15) is 40.6 Å². The van der Waals surface area contributed by atoms with Crippen LogP contribution in [-0.2, 0) is 6.42 Å². The van der Waals surface area contributed by atoms with E-state index in [0.717, 1.165) is 43.5 Å². The molecule has 1 atom stereocenters. The van der Waals surface area contributed by atoms with Crippen molar-refractivity contribution in [1.82, 2.24) is 10.1 Å². The number of anilines is 2. The fraction of sp³-hybridized carbons (Fsp3) is 0.286. The second kappa shape index (κ2) is 6.95. The van der Waals surface area contributed by atoms with Crippen molar-refractivity contribution in [3.05, 3.63) is 58.9 Å². The average Bonchev–Trinajstić information content (AvgIpc) is 3.46. The maximum atomic E-state index is 14.7. The third-order valence-electron chi connectivity index (χ3n) is 5.48. The number of hydrogen-bond acceptors (Lipinski definition) is 6. The van der Waals surface area contributed by atoms with Crippen LogP contribution in [-0.4, -0.2) is 29.5 Å². The lowest BCUT2D eigenvalue weighted by Crippen LogP contribution is -2.18. The fourth-order valence-corrected chi connectivity index (χ4v) is 4.01. The van der Waals surface area contributed by atoms with Gasteiger partial charge in [-0.1, -0.05) is 5.16 Å². The molecule has 0 amide bonds. The van der Waals surface area contributed by atoms with Gasteiger partial charge in [-0.3, -0.25) is 4.79 Å². The van der Waals surface area contributed by atoms with E-state index in [1.165, 1.54) is 12.1 Å². The molecule has 8 heteroatoms. The van der Waals surface area contributed by atoms with E-state index in [0.29, 0.717) is 23.5 Å². The third-order valence-corrected chi connectivity index (χ3v) is 5.48. The van der Waals surface area contributed by atoms with Crippen LogP contribution < -0.4 is 10.2 Å². The summed E-state index contributed by atoms with van der Waals surface area (Å²) in [7, 11) is 0. The predicted octanol–water partition coefficient (Wildman–Crippen LogP) is 4.14. The van der Waals surface area contributed by atoms with E-state index in [2.05, 4.69) is 15.5 Å². The minimum absolute atomic E-state index is 0.186. The van der Waals surface area contributed by atoms with Gasteiger partial charge >= 0.3 is 0 Å². The lowest BCUT2D eigenvalue weighted by atomic mass is 10.1. The van der Waals surface area contributed by atoms with Gasteiger partial charge in [0.2, 0.25) is 0 Å². The largest absolute Gasteiger partial charge is 0.374 e. The highest BCUT2D eigenvalue weighted by atomic mass is 19.1. The Hall–Kier alpha value is -3.29. The number of carbonyl (C=O) groups is 1. The van der Waals surface area contributed by atoms with Gasteiger partial charge in [-0.25, -0.2) is 8.78 Å². The fourth-order valence-electron chi connectivity index (χ4n) is 4.01. The monoisotopic (exact) mass is 396 g/mol. The first-order chi connectivity index (χ1) is 14.1. The Morgan fingerprint density at radius 3 is 2.62 bits per heavy atom. The number of hydrogen-bond donors (Lipinski definition) is 1. The van der Waals surface area contributed by atoms with Gasteiger partial charge < -0.3 is 14.7 Å². The number of carbonyl (C=O) groups excluding carboxylic acids is 1. The van der Waals surface area contributed by atoms with Gasteiger partial charge in [0.1, 0.15) is 23.5 Å². The van der Waals surface area contributed by atoms with Crippen molar-refractivity contribution in [2.75, 3.05) is 23.3 Å². The predicted molar refractivity (Wildman–Crippen MR) is 103 cm³/mol. The second-order valence-corrected chi connectivity index (χ2v) is 7.37. The van der Waals surface area contributed by atoms with Crippen LogP contribution in [0.5, 0.6) is 0 Å². The lowest BCUT2D eigenvalue weighted by molar-refractivity contribution is 0.112. The molecule has 0 spiro atoms. The van der Waals surface area contributed by atoms with Crippen molar-refractivity contribution in [3.8, 4) is 11.5 Å². The van der Waals surface area contributed by atoms with Gasteiger partial charge in [0.15, 0.2) is 5.82 Å². The van der Waals surface area contributed by atoms with Crippen LogP contribution in [0.2, 0.25) is 0 Å². The number of nitrogens with one attached hydrogen (secondary N) is 1. The maximum absolute atomic E-state index is 14.7. The van der Waals surface area contributed by atoms with Crippen molar-refractivity contribution in [2.45, 2.75) is 25.3 Å². The summed E-state index contributed by atoms with van der Waals surface area (Å²) in [5.74, 6) is -1.32. The molecular weight excluding hydrogens is 378 g/mol. The Morgan fingerprint density at radius 2 is 1.90 bits per heavy atom. The minimum Gasteiger partial charge on any atom is -0.374 e. The highest BCUT2D eigenvalue weighted by Crippen LogP contribution is 2.35. The molecule has 3 aromatic rings. The van der Waals surface area contributed by atoms with Crippen molar-refractivity contribution >= 4 is 17.7 Å². The first kappa shape index (κ1) is 17.8. The van der Waals surface area contributed by atoms with Crippen molar-refractivity contribution in [3.63, 3.8) is 0 Å². The summed E-state index contributed by atoms with van der Waals surface area (Å²) >= 11 is 0. The molecular formula is C21H18F2N4O2. The van der Waals surface area contributed by atoms with Gasteiger partial charge in [-0.15, -0.1) is 0 Å². The smallest absolute Gasteiger partial charge is 0.263 e. The Bertz CT molecular complexity index is 1070. The molecule has 0 aliphatic carbocycles. The van der Waals surface area contributed by atoms with Gasteiger partial charge in [-0.2, -0.15) is 4.98 Å². The summed E-state index contributed by atoms with van der Waals surface area (Å²) in [6, 6.07) is 7.68. The molecule has 148 valence electrons. The first-order valence-corrected chi connectivity index (χ1v) is 9.55. The summed E-state index contributed by atoms with van der Waals surface area (Å²) in [6.07, 6.45) is 3.37.